The number of fused-ring (bicyclic) bond motifs is 2. The lowest BCUT2D eigenvalue weighted by Gasteiger charge is -2.49. The second kappa shape index (κ2) is 9.05. The van der Waals surface area contributed by atoms with Crippen molar-refractivity contribution in [3.05, 3.63) is 24.3 Å². The predicted octanol–water partition coefficient (Wildman–Crippen LogP) is 4.41. The minimum Gasteiger partial charge on any atom is -0.492 e. The Morgan fingerprint density at radius 3 is 2.58 bits per heavy atom. The average Bonchev–Trinajstić information content (AvgIpc) is 2.57. The zero-order valence-electron chi connectivity index (χ0n) is 16.3. The van der Waals surface area contributed by atoms with Gasteiger partial charge in [0.15, 0.2) is 5.11 Å². The molecule has 2 aliphatic heterocycles. The van der Waals surface area contributed by atoms with Crippen molar-refractivity contribution in [2.75, 3.05) is 18.5 Å². The van der Waals surface area contributed by atoms with Gasteiger partial charge in [0.25, 0.3) is 0 Å². The van der Waals surface area contributed by atoms with Crippen molar-refractivity contribution in [2.24, 2.45) is 5.92 Å². The van der Waals surface area contributed by atoms with Crippen LogP contribution in [0.3, 0.4) is 0 Å². The average molecular weight is 376 g/mol. The first-order valence-electron chi connectivity index (χ1n) is 10.1. The van der Waals surface area contributed by atoms with Gasteiger partial charge in [0, 0.05) is 24.7 Å². The predicted molar refractivity (Wildman–Crippen MR) is 113 cm³/mol. The Balaban J connectivity index is 1.57. The molecule has 1 aromatic rings. The lowest BCUT2D eigenvalue weighted by atomic mass is 9.81. The van der Waals surface area contributed by atoms with Crippen LogP contribution in [0.2, 0.25) is 0 Å². The van der Waals surface area contributed by atoms with E-state index in [1.807, 2.05) is 31.2 Å². The number of rotatable bonds is 6. The number of nitrogens with zero attached hydrogens (tertiary/aromatic N) is 1. The van der Waals surface area contributed by atoms with Gasteiger partial charge in [-0.05, 0) is 62.9 Å². The Morgan fingerprint density at radius 2 is 1.92 bits per heavy atom. The summed E-state index contributed by atoms with van der Waals surface area (Å²) in [7, 11) is 0. The van der Waals surface area contributed by atoms with Crippen LogP contribution in [-0.4, -0.2) is 41.3 Å². The summed E-state index contributed by atoms with van der Waals surface area (Å²) < 4.78 is 5.68. The summed E-state index contributed by atoms with van der Waals surface area (Å²) in [5.41, 5.74) is 0.935. The molecule has 2 bridgehead atoms. The molecule has 2 saturated heterocycles. The molecule has 0 saturated carbocycles. The van der Waals surface area contributed by atoms with Gasteiger partial charge in [0.2, 0.25) is 0 Å². The summed E-state index contributed by atoms with van der Waals surface area (Å²) in [6, 6.07) is 9.86. The van der Waals surface area contributed by atoms with Crippen LogP contribution in [0.25, 0.3) is 0 Å². The molecule has 3 rings (SSSR count). The molecule has 4 nitrogen and oxygen atoms in total. The summed E-state index contributed by atoms with van der Waals surface area (Å²) in [5.74, 6) is 1.59. The fourth-order valence-corrected chi connectivity index (χ4v) is 4.79. The third-order valence-corrected chi connectivity index (χ3v) is 5.69. The SMILES string of the molecule is CCOc1ccccc1NC(=S)NC1C[C@H]2CCC[C@@H](C1)N2CC(C)C. The van der Waals surface area contributed by atoms with Gasteiger partial charge in [-0.25, -0.2) is 0 Å². The molecule has 2 aliphatic rings. The molecule has 5 heteroatoms. The highest BCUT2D eigenvalue weighted by atomic mass is 32.1. The van der Waals surface area contributed by atoms with E-state index < -0.39 is 0 Å². The molecule has 2 heterocycles. The van der Waals surface area contributed by atoms with Gasteiger partial charge in [0.05, 0.1) is 12.3 Å². The van der Waals surface area contributed by atoms with Gasteiger partial charge >= 0.3 is 0 Å². The molecule has 0 aliphatic carbocycles. The van der Waals surface area contributed by atoms with Gasteiger partial charge in [-0.15, -0.1) is 0 Å². The first kappa shape index (κ1) is 19.4. The van der Waals surface area contributed by atoms with Crippen LogP contribution in [0.15, 0.2) is 24.3 Å². The summed E-state index contributed by atoms with van der Waals surface area (Å²) >= 11 is 5.60. The topological polar surface area (TPSA) is 36.5 Å². The van der Waals surface area contributed by atoms with E-state index in [4.69, 9.17) is 17.0 Å². The number of benzene rings is 1. The van der Waals surface area contributed by atoms with E-state index in [9.17, 15) is 0 Å². The Labute approximate surface area is 163 Å². The Bertz CT molecular complexity index is 593. The van der Waals surface area contributed by atoms with E-state index in [1.165, 1.54) is 38.6 Å². The molecule has 1 aromatic carbocycles. The summed E-state index contributed by atoms with van der Waals surface area (Å²) in [6.45, 7) is 8.53. The quantitative estimate of drug-likeness (QED) is 0.720. The molecular formula is C21H33N3OS. The first-order valence-corrected chi connectivity index (χ1v) is 10.5. The molecule has 26 heavy (non-hydrogen) atoms. The van der Waals surface area contributed by atoms with Crippen LogP contribution in [0.5, 0.6) is 5.75 Å². The fourth-order valence-electron chi connectivity index (χ4n) is 4.51. The second-order valence-electron chi connectivity index (χ2n) is 8.03. The molecule has 0 radical (unpaired) electrons. The third-order valence-electron chi connectivity index (χ3n) is 5.47. The zero-order chi connectivity index (χ0) is 18.5. The number of nitrogens with one attached hydrogen (secondary N) is 2. The minimum atomic E-state index is 0.466. The highest BCUT2D eigenvalue weighted by Crippen LogP contribution is 2.34. The molecule has 2 fully saturated rings. The maximum atomic E-state index is 5.68. The zero-order valence-corrected chi connectivity index (χ0v) is 17.1. The van der Waals surface area contributed by atoms with E-state index in [0.29, 0.717) is 29.8 Å². The smallest absolute Gasteiger partial charge is 0.171 e. The lowest BCUT2D eigenvalue weighted by Crippen LogP contribution is -2.58. The molecule has 0 spiro atoms. The van der Waals surface area contributed by atoms with Gasteiger partial charge in [0.1, 0.15) is 5.75 Å². The molecule has 144 valence electrons. The third kappa shape index (κ3) is 4.89. The van der Waals surface area contributed by atoms with Crippen LogP contribution in [0, 0.1) is 5.92 Å². The van der Waals surface area contributed by atoms with Crippen molar-refractivity contribution in [3.8, 4) is 5.75 Å². The monoisotopic (exact) mass is 375 g/mol. The molecule has 2 N–H and O–H groups in total. The Hall–Kier alpha value is -1.33. The van der Waals surface area contributed by atoms with E-state index in [1.54, 1.807) is 0 Å². The molecular weight excluding hydrogens is 342 g/mol. The molecule has 0 aromatic heterocycles. The number of hydrogen-bond donors (Lipinski definition) is 2. The van der Waals surface area contributed by atoms with Crippen LogP contribution < -0.4 is 15.4 Å². The summed E-state index contributed by atoms with van der Waals surface area (Å²) in [5, 5.41) is 7.62. The Kier molecular flexibility index (Phi) is 6.76. The normalized spacial score (nSPS) is 25.8. The molecule has 3 atom stereocenters. The fraction of sp³-hybridized carbons (Fsp3) is 0.667. The van der Waals surface area contributed by atoms with Crippen molar-refractivity contribution in [1.29, 1.82) is 0 Å². The Morgan fingerprint density at radius 1 is 1.23 bits per heavy atom. The maximum absolute atomic E-state index is 5.68. The number of piperidine rings is 2. The second-order valence-corrected chi connectivity index (χ2v) is 8.43. The largest absolute Gasteiger partial charge is 0.492 e. The molecule has 1 unspecified atom stereocenters. The van der Waals surface area contributed by atoms with E-state index in [0.717, 1.165) is 17.4 Å². The standard InChI is InChI=1S/C21H33N3OS/c1-4-25-20-11-6-5-10-19(20)23-21(26)22-16-12-17-8-7-9-18(13-16)24(17)14-15(2)3/h5-6,10-11,15-18H,4,7-9,12-14H2,1-3H3,(H2,22,23,26)/t16?,17-,18+. The summed E-state index contributed by atoms with van der Waals surface area (Å²) in [4.78, 5) is 2.77. The number of ether oxygens (including phenoxy) is 1. The van der Waals surface area contributed by atoms with Gasteiger partial charge in [-0.1, -0.05) is 32.4 Å². The number of thiocarbonyl (C=S) groups is 1. The van der Waals surface area contributed by atoms with Crippen LogP contribution in [-0.2, 0) is 0 Å². The minimum absolute atomic E-state index is 0.466. The van der Waals surface area contributed by atoms with Crippen LogP contribution in [0.4, 0.5) is 5.69 Å². The summed E-state index contributed by atoms with van der Waals surface area (Å²) in [6.07, 6.45) is 6.42. The number of anilines is 1. The van der Waals surface area contributed by atoms with Crippen molar-refractivity contribution in [1.82, 2.24) is 10.2 Å². The van der Waals surface area contributed by atoms with Crippen molar-refractivity contribution >= 4 is 23.0 Å². The van der Waals surface area contributed by atoms with Crippen molar-refractivity contribution in [2.45, 2.75) is 71.0 Å². The van der Waals surface area contributed by atoms with Crippen molar-refractivity contribution in [3.63, 3.8) is 0 Å². The van der Waals surface area contributed by atoms with Gasteiger partial charge in [-0.2, -0.15) is 0 Å². The maximum Gasteiger partial charge on any atom is 0.171 e. The van der Waals surface area contributed by atoms with Gasteiger partial charge < -0.3 is 15.4 Å². The van der Waals surface area contributed by atoms with E-state index in [-0.39, 0.29) is 0 Å². The highest BCUT2D eigenvalue weighted by Gasteiger charge is 2.38. The lowest BCUT2D eigenvalue weighted by molar-refractivity contribution is 0.0191. The van der Waals surface area contributed by atoms with Crippen LogP contribution in [0.1, 0.15) is 52.9 Å². The first-order chi connectivity index (χ1) is 12.6. The van der Waals surface area contributed by atoms with E-state index in [2.05, 4.69) is 29.4 Å². The number of para-hydroxylation sites is 2. The highest BCUT2D eigenvalue weighted by molar-refractivity contribution is 7.80. The van der Waals surface area contributed by atoms with Gasteiger partial charge in [-0.3, -0.25) is 4.90 Å². The number of hydrogen-bond acceptors (Lipinski definition) is 3. The van der Waals surface area contributed by atoms with Crippen molar-refractivity contribution < 1.29 is 4.74 Å². The van der Waals surface area contributed by atoms with Crippen LogP contribution >= 0.6 is 12.2 Å². The molecule has 0 amide bonds. The van der Waals surface area contributed by atoms with E-state index >= 15 is 0 Å².